The van der Waals surface area contributed by atoms with Gasteiger partial charge in [-0.3, -0.25) is 0 Å². The molecule has 20 heavy (non-hydrogen) atoms. The van der Waals surface area contributed by atoms with Gasteiger partial charge in [0.25, 0.3) is 0 Å². The minimum absolute atomic E-state index is 0.416. The van der Waals surface area contributed by atoms with E-state index in [1.54, 1.807) is 0 Å². The molecule has 0 heterocycles. The van der Waals surface area contributed by atoms with Gasteiger partial charge in [-0.25, -0.2) is 0 Å². The van der Waals surface area contributed by atoms with Gasteiger partial charge in [-0.05, 0) is 56.3 Å². The summed E-state index contributed by atoms with van der Waals surface area (Å²) in [7, 11) is 0. The molecule has 0 aromatic heterocycles. The highest BCUT2D eigenvalue weighted by Crippen LogP contribution is 2.29. The molecule has 1 aromatic rings. The molecule has 1 aromatic carbocycles. The number of hydrogen-bond donors (Lipinski definition) is 1. The van der Waals surface area contributed by atoms with Crippen LogP contribution in [-0.2, 0) is 0 Å². The fraction of sp³-hybridized carbons (Fsp3) is 0.667. The van der Waals surface area contributed by atoms with Gasteiger partial charge in [0.05, 0.1) is 6.61 Å². The third-order valence-electron chi connectivity index (χ3n) is 4.67. The van der Waals surface area contributed by atoms with Crippen LogP contribution in [0.2, 0.25) is 0 Å². The van der Waals surface area contributed by atoms with Crippen LogP contribution in [0.1, 0.15) is 58.1 Å². The second kappa shape index (κ2) is 7.68. The van der Waals surface area contributed by atoms with Gasteiger partial charge >= 0.3 is 0 Å². The first-order valence-electron chi connectivity index (χ1n) is 8.16. The average Bonchev–Trinajstić information content (AvgIpc) is 2.47. The van der Waals surface area contributed by atoms with Crippen LogP contribution >= 0.6 is 0 Å². The highest BCUT2D eigenvalue weighted by molar-refractivity contribution is 5.28. The van der Waals surface area contributed by atoms with Crippen LogP contribution in [0.3, 0.4) is 0 Å². The van der Waals surface area contributed by atoms with Crippen LogP contribution in [-0.4, -0.2) is 13.2 Å². The molecule has 2 rings (SSSR count). The molecule has 1 aliphatic carbocycles. The Hall–Kier alpha value is -1.02. The molecule has 3 atom stereocenters. The van der Waals surface area contributed by atoms with Crippen molar-refractivity contribution in [1.29, 1.82) is 0 Å². The smallest absolute Gasteiger partial charge is 0.119 e. The summed E-state index contributed by atoms with van der Waals surface area (Å²) in [5.74, 6) is 2.70. The average molecular weight is 275 g/mol. The molecule has 2 nitrogen and oxygen atoms in total. The molecule has 0 radical (unpaired) electrons. The number of rotatable bonds is 6. The van der Waals surface area contributed by atoms with Crippen LogP contribution in [0.5, 0.6) is 5.75 Å². The first-order chi connectivity index (χ1) is 9.70. The van der Waals surface area contributed by atoms with E-state index in [1.165, 1.54) is 31.2 Å². The number of ether oxygens (including phenoxy) is 1. The Morgan fingerprint density at radius 3 is 2.55 bits per heavy atom. The van der Waals surface area contributed by atoms with Gasteiger partial charge in [-0.2, -0.15) is 0 Å². The predicted molar refractivity (Wildman–Crippen MR) is 85.2 cm³/mol. The lowest BCUT2D eigenvalue weighted by Crippen LogP contribution is -2.31. The maximum atomic E-state index is 5.49. The SMILES string of the molecule is CCOc1ccc(C(C)NCC2CCCCC2C)cc1. The van der Waals surface area contributed by atoms with Crippen molar-refractivity contribution in [2.24, 2.45) is 11.8 Å². The first-order valence-corrected chi connectivity index (χ1v) is 8.16. The normalized spacial score (nSPS) is 24.4. The fourth-order valence-electron chi connectivity index (χ4n) is 3.16. The number of hydrogen-bond acceptors (Lipinski definition) is 2. The molecule has 1 aliphatic rings. The molecule has 0 aliphatic heterocycles. The van der Waals surface area contributed by atoms with Crippen molar-refractivity contribution >= 4 is 0 Å². The third-order valence-corrected chi connectivity index (χ3v) is 4.67. The van der Waals surface area contributed by atoms with E-state index in [0.717, 1.165) is 30.7 Å². The minimum Gasteiger partial charge on any atom is -0.494 e. The van der Waals surface area contributed by atoms with Crippen LogP contribution in [0.4, 0.5) is 0 Å². The van der Waals surface area contributed by atoms with E-state index in [0.29, 0.717) is 6.04 Å². The Bertz CT molecular complexity index is 387. The number of nitrogens with one attached hydrogen (secondary N) is 1. The van der Waals surface area contributed by atoms with Crippen LogP contribution in [0, 0.1) is 11.8 Å². The van der Waals surface area contributed by atoms with Gasteiger partial charge in [0.2, 0.25) is 0 Å². The minimum atomic E-state index is 0.416. The van der Waals surface area contributed by atoms with Crippen LogP contribution < -0.4 is 10.1 Å². The zero-order valence-corrected chi connectivity index (χ0v) is 13.2. The second-order valence-electron chi connectivity index (χ2n) is 6.15. The monoisotopic (exact) mass is 275 g/mol. The summed E-state index contributed by atoms with van der Waals surface area (Å²) in [4.78, 5) is 0. The van der Waals surface area contributed by atoms with E-state index in [1.807, 2.05) is 6.92 Å². The van der Waals surface area contributed by atoms with E-state index in [-0.39, 0.29) is 0 Å². The molecule has 2 heteroatoms. The van der Waals surface area contributed by atoms with E-state index in [9.17, 15) is 0 Å². The lowest BCUT2D eigenvalue weighted by molar-refractivity contribution is 0.242. The Kier molecular flexibility index (Phi) is 5.90. The van der Waals surface area contributed by atoms with Gasteiger partial charge < -0.3 is 10.1 Å². The maximum Gasteiger partial charge on any atom is 0.119 e. The van der Waals surface area contributed by atoms with Gasteiger partial charge in [0, 0.05) is 6.04 Å². The van der Waals surface area contributed by atoms with Crippen LogP contribution in [0.15, 0.2) is 24.3 Å². The Labute approximate surface area is 123 Å². The van der Waals surface area contributed by atoms with Gasteiger partial charge in [0.1, 0.15) is 5.75 Å². The van der Waals surface area contributed by atoms with Gasteiger partial charge in [-0.1, -0.05) is 38.3 Å². The molecule has 1 N–H and O–H groups in total. The Morgan fingerprint density at radius 2 is 1.90 bits per heavy atom. The molecule has 0 saturated heterocycles. The lowest BCUT2D eigenvalue weighted by Gasteiger charge is -2.30. The number of benzene rings is 1. The summed E-state index contributed by atoms with van der Waals surface area (Å²) in [6.07, 6.45) is 5.63. The molecule has 0 amide bonds. The van der Waals surface area contributed by atoms with E-state index >= 15 is 0 Å². The summed E-state index contributed by atoms with van der Waals surface area (Å²) >= 11 is 0. The topological polar surface area (TPSA) is 21.3 Å². The van der Waals surface area contributed by atoms with Gasteiger partial charge in [-0.15, -0.1) is 0 Å². The van der Waals surface area contributed by atoms with E-state index in [2.05, 4.69) is 43.4 Å². The first kappa shape index (κ1) is 15.4. The van der Waals surface area contributed by atoms with E-state index in [4.69, 9.17) is 4.74 Å². The Morgan fingerprint density at radius 1 is 1.20 bits per heavy atom. The van der Waals surface area contributed by atoms with Crippen molar-refractivity contribution in [2.75, 3.05) is 13.2 Å². The second-order valence-corrected chi connectivity index (χ2v) is 6.15. The molecule has 1 fully saturated rings. The van der Waals surface area contributed by atoms with Crippen LogP contribution in [0.25, 0.3) is 0 Å². The van der Waals surface area contributed by atoms with E-state index < -0.39 is 0 Å². The van der Waals surface area contributed by atoms with Crippen molar-refractivity contribution in [2.45, 2.75) is 52.5 Å². The standard InChI is InChI=1S/C18H29NO/c1-4-20-18-11-9-16(10-12-18)15(3)19-13-17-8-6-5-7-14(17)2/h9-12,14-15,17,19H,4-8,13H2,1-3H3. The highest BCUT2D eigenvalue weighted by atomic mass is 16.5. The van der Waals surface area contributed by atoms with Crippen molar-refractivity contribution in [3.8, 4) is 5.75 Å². The van der Waals surface area contributed by atoms with Gasteiger partial charge in [0.15, 0.2) is 0 Å². The predicted octanol–water partition coefficient (Wildman–Crippen LogP) is 4.56. The largest absolute Gasteiger partial charge is 0.494 e. The zero-order valence-electron chi connectivity index (χ0n) is 13.2. The summed E-state index contributed by atoms with van der Waals surface area (Å²) in [5, 5.41) is 3.71. The summed E-state index contributed by atoms with van der Waals surface area (Å²) in [6, 6.07) is 8.90. The zero-order chi connectivity index (χ0) is 14.4. The summed E-state index contributed by atoms with van der Waals surface area (Å²) < 4.78 is 5.49. The quantitative estimate of drug-likeness (QED) is 0.821. The van der Waals surface area contributed by atoms with Crippen molar-refractivity contribution in [3.63, 3.8) is 0 Å². The molecule has 0 spiro atoms. The molecular weight excluding hydrogens is 246 g/mol. The third kappa shape index (κ3) is 4.24. The van der Waals surface area contributed by atoms with Crippen molar-refractivity contribution in [1.82, 2.24) is 5.32 Å². The molecular formula is C18H29NO. The molecule has 1 saturated carbocycles. The summed E-state index contributed by atoms with van der Waals surface area (Å²) in [5.41, 5.74) is 1.34. The molecule has 0 bridgehead atoms. The molecule has 112 valence electrons. The van der Waals surface area contributed by atoms with Crippen molar-refractivity contribution in [3.05, 3.63) is 29.8 Å². The highest BCUT2D eigenvalue weighted by Gasteiger charge is 2.21. The fourth-order valence-corrected chi connectivity index (χ4v) is 3.16. The maximum absolute atomic E-state index is 5.49. The van der Waals surface area contributed by atoms with Crippen molar-refractivity contribution < 1.29 is 4.74 Å². The lowest BCUT2D eigenvalue weighted by atomic mass is 9.80. The molecule has 3 unspecified atom stereocenters. The Balaban J connectivity index is 1.83. The summed E-state index contributed by atoms with van der Waals surface area (Å²) in [6.45, 7) is 8.56.